The maximum Gasteiger partial charge on any atom is 0.161 e. The number of nitriles is 1. The fourth-order valence-corrected chi connectivity index (χ4v) is 9.96. The van der Waals surface area contributed by atoms with Gasteiger partial charge < -0.3 is 0 Å². The van der Waals surface area contributed by atoms with Crippen LogP contribution < -0.4 is 0 Å². The van der Waals surface area contributed by atoms with Crippen molar-refractivity contribution in [2.24, 2.45) is 17.8 Å². The van der Waals surface area contributed by atoms with Crippen LogP contribution in [0.3, 0.4) is 0 Å². The molecule has 270 valence electrons. The number of nitrogens with zero attached hydrogens (tertiary/aromatic N) is 5. The Bertz CT molecular complexity index is 2810. The zero-order valence-electron chi connectivity index (χ0n) is 31.3. The van der Waals surface area contributed by atoms with E-state index in [2.05, 4.69) is 103 Å². The number of hydrogen-bond donors (Lipinski definition) is 0. The fourth-order valence-electron chi connectivity index (χ4n) is 9.96. The van der Waals surface area contributed by atoms with E-state index < -0.39 is 0 Å². The van der Waals surface area contributed by atoms with Crippen molar-refractivity contribution >= 4 is 0 Å². The van der Waals surface area contributed by atoms with Crippen molar-refractivity contribution in [2.45, 2.75) is 24.7 Å². The minimum absolute atomic E-state index is 0.445. The Morgan fingerprint density at radius 3 is 1.39 bits per heavy atom. The predicted molar refractivity (Wildman–Crippen MR) is 226 cm³/mol. The molecule has 0 saturated heterocycles. The van der Waals surface area contributed by atoms with Gasteiger partial charge in [-0.3, -0.25) is 0 Å². The van der Waals surface area contributed by atoms with Gasteiger partial charge in [-0.25, -0.2) is 19.9 Å². The Hall–Kier alpha value is -7.03. The van der Waals surface area contributed by atoms with E-state index in [1.807, 2.05) is 72.8 Å². The minimum Gasteiger partial charge on any atom is -0.228 e. The summed E-state index contributed by atoms with van der Waals surface area (Å²) in [5.74, 6) is 4.24. The number of hydrogen-bond acceptors (Lipinski definition) is 5. The average Bonchev–Trinajstić information content (AvgIpc) is 3.29. The molecule has 3 aliphatic rings. The van der Waals surface area contributed by atoms with Gasteiger partial charge in [0.25, 0.3) is 0 Å². The molecule has 5 heteroatoms. The van der Waals surface area contributed by atoms with E-state index in [0.29, 0.717) is 22.6 Å². The molecule has 0 N–H and O–H groups in total. The monoisotopic (exact) mass is 731 g/mol. The highest BCUT2D eigenvalue weighted by molar-refractivity contribution is 5.83. The molecule has 5 nitrogen and oxygen atoms in total. The van der Waals surface area contributed by atoms with E-state index in [9.17, 15) is 5.26 Å². The van der Waals surface area contributed by atoms with Crippen molar-refractivity contribution in [1.29, 1.82) is 5.26 Å². The van der Waals surface area contributed by atoms with Gasteiger partial charge in [-0.1, -0.05) is 146 Å². The van der Waals surface area contributed by atoms with Crippen molar-refractivity contribution in [1.82, 2.24) is 19.9 Å². The van der Waals surface area contributed by atoms with Crippen molar-refractivity contribution in [2.75, 3.05) is 0 Å². The van der Waals surface area contributed by atoms with Crippen LogP contribution in [-0.4, -0.2) is 19.9 Å². The standard InChI is InChI=1S/C52H37N5/c53-32-33-15-17-34(18-16-33)43-13-7-8-14-44(43)51-56-45(35-9-3-1-4-10-35)28-48(57-51)37-21-19-36(20-22-37)46-29-47(55-50(54-46)39-11-5-2-6-12-39)38-23-25-42(26-24-38)52-30-40-27-41(31-52)49(40)52/h1-26,28-29,40-41,49H,27,30-31H2. The molecule has 3 saturated carbocycles. The highest BCUT2D eigenvalue weighted by Crippen LogP contribution is 2.77. The molecule has 0 bridgehead atoms. The summed E-state index contributed by atoms with van der Waals surface area (Å²) in [5, 5.41) is 9.39. The molecule has 2 heterocycles. The van der Waals surface area contributed by atoms with Crippen molar-refractivity contribution in [3.05, 3.63) is 181 Å². The molecule has 2 unspecified atom stereocenters. The smallest absolute Gasteiger partial charge is 0.161 e. The first-order valence-corrected chi connectivity index (χ1v) is 19.8. The average molecular weight is 732 g/mol. The quantitative estimate of drug-likeness (QED) is 0.155. The molecule has 6 aromatic carbocycles. The van der Waals surface area contributed by atoms with Crippen LogP contribution in [0, 0.1) is 29.1 Å². The normalized spacial score (nSPS) is 19.9. The third-order valence-electron chi connectivity index (χ3n) is 12.8. The van der Waals surface area contributed by atoms with Gasteiger partial charge in [0.2, 0.25) is 0 Å². The van der Waals surface area contributed by atoms with E-state index in [4.69, 9.17) is 19.9 Å². The molecule has 11 rings (SSSR count). The van der Waals surface area contributed by atoms with Crippen LogP contribution in [0.25, 0.3) is 78.9 Å². The van der Waals surface area contributed by atoms with Crippen LogP contribution in [0.2, 0.25) is 0 Å². The van der Waals surface area contributed by atoms with Crippen LogP contribution in [-0.2, 0) is 5.41 Å². The molecule has 3 aliphatic carbocycles. The predicted octanol–water partition coefficient (Wildman–Crippen LogP) is 12.1. The van der Waals surface area contributed by atoms with Gasteiger partial charge >= 0.3 is 0 Å². The van der Waals surface area contributed by atoms with Gasteiger partial charge in [0, 0.05) is 33.4 Å². The second-order valence-corrected chi connectivity index (χ2v) is 15.9. The van der Waals surface area contributed by atoms with Gasteiger partial charge in [0.05, 0.1) is 34.4 Å². The molecule has 0 aliphatic heterocycles. The molecule has 57 heavy (non-hydrogen) atoms. The van der Waals surface area contributed by atoms with E-state index in [1.54, 1.807) is 0 Å². The molecular formula is C52H37N5. The Balaban J connectivity index is 0.968. The lowest BCUT2D eigenvalue weighted by molar-refractivity contribution is -0.219. The molecule has 2 atom stereocenters. The Morgan fingerprint density at radius 1 is 0.439 bits per heavy atom. The van der Waals surface area contributed by atoms with Crippen LogP contribution in [0.15, 0.2) is 170 Å². The topological polar surface area (TPSA) is 75.3 Å². The summed E-state index contributed by atoms with van der Waals surface area (Å²) in [6.45, 7) is 0. The van der Waals surface area contributed by atoms with E-state index >= 15 is 0 Å². The van der Waals surface area contributed by atoms with Crippen LogP contribution >= 0.6 is 0 Å². The van der Waals surface area contributed by atoms with Crippen LogP contribution in [0.4, 0.5) is 0 Å². The maximum absolute atomic E-state index is 9.39. The fraction of sp³-hybridized carbons (Fsp3) is 0.135. The summed E-state index contributed by atoms with van der Waals surface area (Å²) in [6.07, 6.45) is 4.20. The summed E-state index contributed by atoms with van der Waals surface area (Å²) in [7, 11) is 0. The highest BCUT2D eigenvalue weighted by Gasteiger charge is 2.71. The summed E-state index contributed by atoms with van der Waals surface area (Å²) in [4.78, 5) is 20.5. The van der Waals surface area contributed by atoms with E-state index in [1.165, 1.54) is 24.8 Å². The van der Waals surface area contributed by atoms with Gasteiger partial charge in [0.15, 0.2) is 11.6 Å². The van der Waals surface area contributed by atoms with E-state index in [-0.39, 0.29) is 0 Å². The van der Waals surface area contributed by atoms with Crippen LogP contribution in [0.5, 0.6) is 0 Å². The molecular weight excluding hydrogens is 695 g/mol. The van der Waals surface area contributed by atoms with Gasteiger partial charge in [-0.05, 0) is 83.4 Å². The lowest BCUT2D eigenvalue weighted by Crippen LogP contribution is -2.71. The number of rotatable bonds is 8. The Kier molecular flexibility index (Phi) is 7.79. The zero-order chi connectivity index (χ0) is 37.9. The van der Waals surface area contributed by atoms with Crippen LogP contribution in [0.1, 0.15) is 30.4 Å². The lowest BCUT2D eigenvalue weighted by Gasteiger charge is -2.76. The van der Waals surface area contributed by atoms with Gasteiger partial charge in [-0.2, -0.15) is 5.26 Å². The summed E-state index contributed by atoms with van der Waals surface area (Å²) < 4.78 is 0. The second kappa shape index (κ2) is 13.3. The Labute approximate surface area is 332 Å². The number of aromatic nitrogens is 4. The second-order valence-electron chi connectivity index (χ2n) is 15.9. The first kappa shape index (κ1) is 33.3. The molecule has 3 fully saturated rings. The molecule has 2 aromatic heterocycles. The van der Waals surface area contributed by atoms with Crippen molar-refractivity contribution in [3.63, 3.8) is 0 Å². The SMILES string of the molecule is N#Cc1ccc(-c2ccccc2-c2nc(-c3ccccc3)cc(-c3ccc(-c4cc(-c5ccc(C67CC8CC(C6)C87)cc5)nc(-c5ccccc5)n4)cc3)n2)cc1. The Morgan fingerprint density at radius 2 is 0.877 bits per heavy atom. The molecule has 0 radical (unpaired) electrons. The number of benzene rings is 6. The summed E-state index contributed by atoms with van der Waals surface area (Å²) >= 11 is 0. The van der Waals surface area contributed by atoms with Gasteiger partial charge in [0.1, 0.15) is 0 Å². The van der Waals surface area contributed by atoms with Gasteiger partial charge in [-0.15, -0.1) is 0 Å². The summed E-state index contributed by atoms with van der Waals surface area (Å²) in [6, 6.07) is 60.5. The lowest BCUT2D eigenvalue weighted by atomic mass is 9.28. The van der Waals surface area contributed by atoms with Crippen molar-refractivity contribution in [3.8, 4) is 85.0 Å². The zero-order valence-corrected chi connectivity index (χ0v) is 31.3. The molecule has 8 aromatic rings. The third-order valence-corrected chi connectivity index (χ3v) is 12.8. The molecule has 0 spiro atoms. The first-order chi connectivity index (χ1) is 28.1. The third kappa shape index (κ3) is 5.68. The minimum atomic E-state index is 0.445. The first-order valence-electron chi connectivity index (χ1n) is 19.8. The highest BCUT2D eigenvalue weighted by atomic mass is 14.9. The summed E-state index contributed by atoms with van der Waals surface area (Å²) in [5.41, 5.74) is 14.1. The maximum atomic E-state index is 9.39. The molecule has 0 amide bonds. The largest absolute Gasteiger partial charge is 0.228 e. The van der Waals surface area contributed by atoms with Crippen molar-refractivity contribution < 1.29 is 0 Å². The van der Waals surface area contributed by atoms with E-state index in [0.717, 1.165) is 85.0 Å².